The number of rotatable bonds is 5. The van der Waals surface area contributed by atoms with Crippen LogP contribution in [0.15, 0.2) is 42.5 Å². The highest BCUT2D eigenvalue weighted by atomic mass is 35.5. The topological polar surface area (TPSA) is 58.0 Å². The van der Waals surface area contributed by atoms with Gasteiger partial charge in [0, 0.05) is 28.8 Å². The molecule has 0 bridgehead atoms. The number of hydrogen-bond donors (Lipinski definition) is 2. The number of nitrogens with zero attached hydrogens (tertiary/aromatic N) is 2. The van der Waals surface area contributed by atoms with Crippen LogP contribution >= 0.6 is 23.2 Å². The molecular formula is C25H23Cl2N3O. The van der Waals surface area contributed by atoms with E-state index in [1.807, 2.05) is 24.3 Å². The highest BCUT2D eigenvalue weighted by Crippen LogP contribution is 2.49. The first-order valence-electron chi connectivity index (χ1n) is 11.0. The van der Waals surface area contributed by atoms with Crippen LogP contribution in [0, 0.1) is 0 Å². The summed E-state index contributed by atoms with van der Waals surface area (Å²) in [7, 11) is 0. The minimum Gasteiger partial charge on any atom is -0.390 e. The fourth-order valence-corrected chi connectivity index (χ4v) is 5.12. The number of anilines is 1. The van der Waals surface area contributed by atoms with Gasteiger partial charge in [-0.3, -0.25) is 0 Å². The maximum absolute atomic E-state index is 10.8. The molecule has 4 nitrogen and oxygen atoms in total. The standard InChI is InChI=1S/C25H23Cl2N3O/c26-16-9-10-18(19(27)12-16)24-21(13-5-6-13)29-25(22(28-24)14-7-8-14)30-23-17-4-2-1-3-15(17)11-20(23)31/h1-4,9-10,12-14,20,23,31H,5-8,11H2,(H,29,30)/t20-,23?/m0/s1. The van der Waals surface area contributed by atoms with Gasteiger partial charge in [-0.15, -0.1) is 0 Å². The Morgan fingerprint density at radius 1 is 0.903 bits per heavy atom. The molecule has 3 aromatic rings. The summed E-state index contributed by atoms with van der Waals surface area (Å²) in [5.74, 6) is 1.63. The largest absolute Gasteiger partial charge is 0.390 e. The zero-order valence-electron chi connectivity index (χ0n) is 17.0. The molecule has 2 atom stereocenters. The van der Waals surface area contributed by atoms with Crippen LogP contribution in [0.5, 0.6) is 0 Å². The first kappa shape index (κ1) is 19.5. The van der Waals surface area contributed by atoms with Crippen LogP contribution in [-0.2, 0) is 6.42 Å². The number of fused-ring (bicyclic) bond motifs is 1. The van der Waals surface area contributed by atoms with Crippen LogP contribution in [0.4, 0.5) is 5.82 Å². The minimum atomic E-state index is -0.471. The van der Waals surface area contributed by atoms with Crippen LogP contribution in [-0.4, -0.2) is 21.2 Å². The van der Waals surface area contributed by atoms with E-state index in [2.05, 4.69) is 17.4 Å². The summed E-state index contributed by atoms with van der Waals surface area (Å²) in [5.41, 5.74) is 6.10. The van der Waals surface area contributed by atoms with Gasteiger partial charge in [0.2, 0.25) is 0 Å². The monoisotopic (exact) mass is 451 g/mol. The average Bonchev–Trinajstić information content (AvgIpc) is 3.66. The molecule has 1 heterocycles. The Morgan fingerprint density at radius 3 is 2.39 bits per heavy atom. The van der Waals surface area contributed by atoms with E-state index in [1.165, 1.54) is 5.56 Å². The van der Waals surface area contributed by atoms with Gasteiger partial charge in [0.05, 0.1) is 34.3 Å². The molecule has 3 aliphatic carbocycles. The van der Waals surface area contributed by atoms with Crippen molar-refractivity contribution in [3.8, 4) is 11.3 Å². The molecule has 2 saturated carbocycles. The Morgan fingerprint density at radius 2 is 1.65 bits per heavy atom. The maximum Gasteiger partial charge on any atom is 0.148 e. The zero-order valence-corrected chi connectivity index (χ0v) is 18.5. The number of halogens is 2. The quantitative estimate of drug-likeness (QED) is 0.479. The average molecular weight is 452 g/mol. The molecule has 0 aliphatic heterocycles. The van der Waals surface area contributed by atoms with E-state index in [-0.39, 0.29) is 6.04 Å². The number of aliphatic hydroxyl groups is 1. The second kappa shape index (κ2) is 7.47. The summed E-state index contributed by atoms with van der Waals surface area (Å²) in [6.07, 6.45) is 4.65. The number of aliphatic hydroxyl groups excluding tert-OH is 1. The van der Waals surface area contributed by atoms with Gasteiger partial charge < -0.3 is 10.4 Å². The van der Waals surface area contributed by atoms with Gasteiger partial charge in [0.25, 0.3) is 0 Å². The van der Waals surface area contributed by atoms with Crippen molar-refractivity contribution in [3.63, 3.8) is 0 Å². The lowest BCUT2D eigenvalue weighted by molar-refractivity contribution is 0.165. The van der Waals surface area contributed by atoms with Crippen molar-refractivity contribution in [2.75, 3.05) is 5.32 Å². The van der Waals surface area contributed by atoms with Crippen LogP contribution in [0.3, 0.4) is 0 Å². The third-order valence-corrected chi connectivity index (χ3v) is 7.11. The Balaban J connectivity index is 1.45. The van der Waals surface area contributed by atoms with E-state index < -0.39 is 6.10 Å². The number of nitrogens with one attached hydrogen (secondary N) is 1. The van der Waals surface area contributed by atoms with Crippen molar-refractivity contribution in [2.24, 2.45) is 0 Å². The molecule has 1 unspecified atom stereocenters. The summed E-state index contributed by atoms with van der Waals surface area (Å²) < 4.78 is 0. The van der Waals surface area contributed by atoms with Gasteiger partial charge >= 0.3 is 0 Å². The van der Waals surface area contributed by atoms with Gasteiger partial charge in [-0.1, -0.05) is 47.5 Å². The van der Waals surface area contributed by atoms with Crippen LogP contribution in [0.25, 0.3) is 11.3 Å². The second-order valence-corrected chi connectivity index (χ2v) is 9.80. The summed E-state index contributed by atoms with van der Waals surface area (Å²) >= 11 is 12.7. The minimum absolute atomic E-state index is 0.167. The van der Waals surface area contributed by atoms with Crippen LogP contribution in [0.2, 0.25) is 10.0 Å². The highest BCUT2D eigenvalue weighted by Gasteiger charge is 2.37. The first-order valence-corrected chi connectivity index (χ1v) is 11.7. The van der Waals surface area contributed by atoms with Crippen molar-refractivity contribution < 1.29 is 5.11 Å². The second-order valence-electron chi connectivity index (χ2n) is 8.96. The summed E-state index contributed by atoms with van der Waals surface area (Å²) in [6.45, 7) is 0. The van der Waals surface area contributed by atoms with Crippen LogP contribution in [0.1, 0.15) is 66.1 Å². The van der Waals surface area contributed by atoms with Crippen molar-refractivity contribution in [1.82, 2.24) is 9.97 Å². The molecule has 2 aromatic carbocycles. The molecule has 6 heteroatoms. The molecule has 3 aliphatic rings. The summed E-state index contributed by atoms with van der Waals surface area (Å²) in [4.78, 5) is 10.3. The Labute approximate surface area is 191 Å². The van der Waals surface area contributed by atoms with Gasteiger partial charge in [-0.05, 0) is 55.0 Å². The van der Waals surface area contributed by atoms with Gasteiger partial charge in [0.15, 0.2) is 0 Å². The van der Waals surface area contributed by atoms with Crippen molar-refractivity contribution >= 4 is 29.0 Å². The van der Waals surface area contributed by atoms with E-state index in [1.54, 1.807) is 6.07 Å². The first-order chi connectivity index (χ1) is 15.1. The lowest BCUT2D eigenvalue weighted by atomic mass is 10.0. The molecule has 6 rings (SSSR count). The Bertz CT molecular complexity index is 1170. The van der Waals surface area contributed by atoms with Gasteiger partial charge in [0.1, 0.15) is 5.82 Å². The lowest BCUT2D eigenvalue weighted by Crippen LogP contribution is -2.23. The maximum atomic E-state index is 10.8. The number of hydrogen-bond acceptors (Lipinski definition) is 4. The molecule has 0 radical (unpaired) electrons. The highest BCUT2D eigenvalue weighted by molar-refractivity contribution is 6.36. The predicted octanol–water partition coefficient (Wildman–Crippen LogP) is 6.28. The van der Waals surface area contributed by atoms with E-state index in [4.69, 9.17) is 33.2 Å². The van der Waals surface area contributed by atoms with E-state index in [9.17, 15) is 5.11 Å². The SMILES string of the molecule is O[C@H]1Cc2ccccc2C1Nc1nc(C2CC2)c(-c2ccc(Cl)cc2Cl)nc1C1CC1. The fourth-order valence-electron chi connectivity index (χ4n) is 4.63. The van der Waals surface area contributed by atoms with Gasteiger partial charge in [-0.25, -0.2) is 9.97 Å². The zero-order chi connectivity index (χ0) is 21.1. The molecule has 0 amide bonds. The van der Waals surface area contributed by atoms with Crippen molar-refractivity contribution in [3.05, 3.63) is 75.0 Å². The number of benzene rings is 2. The fraction of sp³-hybridized carbons (Fsp3) is 0.360. The number of aromatic nitrogens is 2. The van der Waals surface area contributed by atoms with Crippen molar-refractivity contribution in [1.29, 1.82) is 0 Å². The van der Waals surface area contributed by atoms with Crippen LogP contribution < -0.4 is 5.32 Å². The molecular weight excluding hydrogens is 429 g/mol. The molecule has 2 N–H and O–H groups in total. The van der Waals surface area contributed by atoms with E-state index in [0.29, 0.717) is 28.3 Å². The smallest absolute Gasteiger partial charge is 0.148 e. The third kappa shape index (κ3) is 3.61. The Hall–Kier alpha value is -2.14. The normalized spacial score (nSPS) is 22.4. The summed E-state index contributed by atoms with van der Waals surface area (Å²) in [6, 6.07) is 13.6. The molecule has 2 fully saturated rings. The molecule has 158 valence electrons. The lowest BCUT2D eigenvalue weighted by Gasteiger charge is -2.22. The van der Waals surface area contributed by atoms with E-state index >= 15 is 0 Å². The van der Waals surface area contributed by atoms with Crippen molar-refractivity contribution in [2.45, 2.75) is 56.1 Å². The van der Waals surface area contributed by atoms with E-state index in [0.717, 1.165) is 59.7 Å². The molecule has 1 aromatic heterocycles. The molecule has 0 saturated heterocycles. The Kier molecular flexibility index (Phi) is 4.71. The third-order valence-electron chi connectivity index (χ3n) is 6.56. The summed E-state index contributed by atoms with van der Waals surface area (Å²) in [5, 5.41) is 15.6. The predicted molar refractivity (Wildman–Crippen MR) is 124 cm³/mol. The van der Waals surface area contributed by atoms with Gasteiger partial charge in [-0.2, -0.15) is 0 Å². The molecule has 0 spiro atoms. The molecule has 31 heavy (non-hydrogen) atoms.